The molecular weight excluding hydrogens is 276 g/mol. The quantitative estimate of drug-likeness (QED) is 0.808. The molecule has 1 fully saturated rings. The van der Waals surface area contributed by atoms with Crippen molar-refractivity contribution in [3.05, 3.63) is 51.4 Å². The topological polar surface area (TPSA) is 66.9 Å². The van der Waals surface area contributed by atoms with E-state index in [2.05, 4.69) is 5.16 Å². The van der Waals surface area contributed by atoms with Gasteiger partial charge in [0.25, 0.3) is 0 Å². The Morgan fingerprint density at radius 3 is 2.85 bits per heavy atom. The van der Waals surface area contributed by atoms with Crippen molar-refractivity contribution >= 4 is 17.4 Å². The summed E-state index contributed by atoms with van der Waals surface area (Å²) < 4.78 is 4.95. The van der Waals surface area contributed by atoms with Gasteiger partial charge in [0.2, 0.25) is 0 Å². The maximum Gasteiger partial charge on any atom is 0.198 e. The van der Waals surface area contributed by atoms with Crippen LogP contribution in [0.15, 0.2) is 22.9 Å². The molecule has 0 saturated heterocycles. The number of hydrogen-bond donors (Lipinski definition) is 0. The van der Waals surface area contributed by atoms with Gasteiger partial charge in [-0.3, -0.25) is 4.79 Å². The van der Waals surface area contributed by atoms with Gasteiger partial charge in [0.05, 0.1) is 21.8 Å². The molecule has 0 radical (unpaired) electrons. The van der Waals surface area contributed by atoms with E-state index in [1.54, 1.807) is 19.1 Å². The van der Waals surface area contributed by atoms with Crippen molar-refractivity contribution < 1.29 is 9.32 Å². The minimum Gasteiger partial charge on any atom is -0.364 e. The number of carbonyl (C=O) groups is 1. The van der Waals surface area contributed by atoms with E-state index in [1.165, 1.54) is 6.26 Å². The molecular formula is C15H11ClN2O2. The van der Waals surface area contributed by atoms with Crippen molar-refractivity contribution in [2.24, 2.45) is 0 Å². The van der Waals surface area contributed by atoms with Gasteiger partial charge in [-0.15, -0.1) is 0 Å². The van der Waals surface area contributed by atoms with Gasteiger partial charge in [-0.25, -0.2) is 0 Å². The van der Waals surface area contributed by atoms with Crippen molar-refractivity contribution in [3.63, 3.8) is 0 Å². The van der Waals surface area contributed by atoms with Gasteiger partial charge >= 0.3 is 0 Å². The first-order chi connectivity index (χ1) is 9.63. The highest BCUT2D eigenvalue weighted by atomic mass is 35.5. The first-order valence-electron chi connectivity index (χ1n) is 6.31. The fourth-order valence-electron chi connectivity index (χ4n) is 2.27. The highest BCUT2D eigenvalue weighted by Crippen LogP contribution is 2.41. The van der Waals surface area contributed by atoms with E-state index in [1.807, 2.05) is 6.07 Å². The van der Waals surface area contributed by atoms with Crippen LogP contribution in [0.1, 0.15) is 51.5 Å². The second kappa shape index (κ2) is 4.77. The third-order valence-electron chi connectivity index (χ3n) is 3.58. The number of rotatable bonds is 3. The van der Waals surface area contributed by atoms with Gasteiger partial charge in [-0.1, -0.05) is 16.8 Å². The van der Waals surface area contributed by atoms with Crippen LogP contribution in [0.2, 0.25) is 5.02 Å². The second-order valence-corrected chi connectivity index (χ2v) is 5.33. The average Bonchev–Trinajstić information content (AvgIpc) is 3.16. The lowest BCUT2D eigenvalue weighted by molar-refractivity contribution is 0.103. The fraction of sp³-hybridized carbons (Fsp3) is 0.267. The Morgan fingerprint density at radius 2 is 2.20 bits per heavy atom. The van der Waals surface area contributed by atoms with Gasteiger partial charge in [0, 0.05) is 11.5 Å². The van der Waals surface area contributed by atoms with Crippen LogP contribution < -0.4 is 0 Å². The number of ketones is 1. The highest BCUT2D eigenvalue weighted by molar-refractivity contribution is 6.32. The van der Waals surface area contributed by atoms with Crippen LogP contribution in [0, 0.1) is 18.3 Å². The minimum atomic E-state index is -0.168. The summed E-state index contributed by atoms with van der Waals surface area (Å²) in [6, 6.07) is 5.25. The van der Waals surface area contributed by atoms with E-state index in [0.717, 1.165) is 18.5 Å². The summed E-state index contributed by atoms with van der Waals surface area (Å²) in [4.78, 5) is 12.6. The van der Waals surface area contributed by atoms with Crippen LogP contribution in [0.5, 0.6) is 0 Å². The van der Waals surface area contributed by atoms with Crippen molar-refractivity contribution in [1.82, 2.24) is 5.16 Å². The van der Waals surface area contributed by atoms with E-state index in [9.17, 15) is 4.79 Å². The van der Waals surface area contributed by atoms with Gasteiger partial charge in [0.15, 0.2) is 5.78 Å². The highest BCUT2D eigenvalue weighted by Gasteiger charge is 2.32. The molecule has 0 atom stereocenters. The number of benzene rings is 1. The lowest BCUT2D eigenvalue weighted by Gasteiger charge is -2.07. The Kier molecular flexibility index (Phi) is 3.07. The van der Waals surface area contributed by atoms with E-state index >= 15 is 0 Å². The van der Waals surface area contributed by atoms with Crippen molar-refractivity contribution in [1.29, 1.82) is 5.26 Å². The molecule has 2 aromatic rings. The molecule has 1 aliphatic carbocycles. The predicted octanol–water partition coefficient (Wildman–Crippen LogP) is 3.62. The van der Waals surface area contributed by atoms with Crippen LogP contribution in [0.3, 0.4) is 0 Å². The van der Waals surface area contributed by atoms with Crippen molar-refractivity contribution in [3.8, 4) is 6.07 Å². The summed E-state index contributed by atoms with van der Waals surface area (Å²) >= 11 is 5.96. The molecule has 0 amide bonds. The normalized spacial score (nSPS) is 14.1. The molecule has 0 unspecified atom stereocenters. The Labute approximate surface area is 120 Å². The zero-order valence-electron chi connectivity index (χ0n) is 10.8. The molecule has 3 rings (SSSR count). The van der Waals surface area contributed by atoms with E-state index in [0.29, 0.717) is 33.2 Å². The molecule has 0 bridgehead atoms. The molecule has 1 aromatic carbocycles. The minimum absolute atomic E-state index is 0.168. The van der Waals surface area contributed by atoms with E-state index in [-0.39, 0.29) is 5.78 Å². The van der Waals surface area contributed by atoms with E-state index < -0.39 is 0 Å². The van der Waals surface area contributed by atoms with E-state index in [4.69, 9.17) is 21.4 Å². The first kappa shape index (κ1) is 12.9. The first-order valence-corrected chi connectivity index (χ1v) is 6.69. The maximum absolute atomic E-state index is 12.6. The van der Waals surface area contributed by atoms with Crippen LogP contribution in [0.25, 0.3) is 0 Å². The second-order valence-electron chi connectivity index (χ2n) is 4.92. The Balaban J connectivity index is 2.07. The fourth-order valence-corrected chi connectivity index (χ4v) is 2.52. The summed E-state index contributed by atoms with van der Waals surface area (Å²) in [6.07, 6.45) is 3.46. The largest absolute Gasteiger partial charge is 0.364 e. The van der Waals surface area contributed by atoms with Crippen molar-refractivity contribution in [2.45, 2.75) is 25.7 Å². The molecule has 0 spiro atoms. The molecule has 100 valence electrons. The Morgan fingerprint density at radius 1 is 1.45 bits per heavy atom. The number of halogens is 1. The monoisotopic (exact) mass is 286 g/mol. The van der Waals surface area contributed by atoms with Gasteiger partial charge in [0.1, 0.15) is 12.3 Å². The molecule has 1 heterocycles. The molecule has 1 aliphatic rings. The third kappa shape index (κ3) is 2.00. The SMILES string of the molecule is Cc1c(C(=O)c2conc2C2CC2)ccc(Cl)c1C#N. The summed E-state index contributed by atoms with van der Waals surface area (Å²) in [5.41, 5.74) is 2.61. The summed E-state index contributed by atoms with van der Waals surface area (Å²) in [7, 11) is 0. The van der Waals surface area contributed by atoms with Gasteiger partial charge < -0.3 is 4.52 Å². The van der Waals surface area contributed by atoms with Crippen LogP contribution in [0.4, 0.5) is 0 Å². The zero-order chi connectivity index (χ0) is 14.3. The lowest BCUT2D eigenvalue weighted by Crippen LogP contribution is -2.07. The van der Waals surface area contributed by atoms with Gasteiger partial charge in [-0.2, -0.15) is 5.26 Å². The van der Waals surface area contributed by atoms with Gasteiger partial charge in [-0.05, 0) is 37.5 Å². The molecule has 5 heteroatoms. The number of carbonyl (C=O) groups excluding carboxylic acids is 1. The summed E-state index contributed by atoms with van der Waals surface area (Å²) in [5.74, 6) is 0.162. The number of nitriles is 1. The zero-order valence-corrected chi connectivity index (χ0v) is 11.6. The third-order valence-corrected chi connectivity index (χ3v) is 3.89. The summed E-state index contributed by atoms with van der Waals surface area (Å²) in [6.45, 7) is 1.72. The maximum atomic E-state index is 12.6. The lowest BCUT2D eigenvalue weighted by atomic mass is 9.95. The van der Waals surface area contributed by atoms with Crippen molar-refractivity contribution in [2.75, 3.05) is 0 Å². The van der Waals surface area contributed by atoms with Crippen LogP contribution >= 0.6 is 11.6 Å². The smallest absolute Gasteiger partial charge is 0.198 e. The molecule has 0 aliphatic heterocycles. The summed E-state index contributed by atoms with van der Waals surface area (Å²) in [5, 5.41) is 13.4. The number of aromatic nitrogens is 1. The average molecular weight is 287 g/mol. The molecule has 4 nitrogen and oxygen atoms in total. The molecule has 0 N–H and O–H groups in total. The predicted molar refractivity (Wildman–Crippen MR) is 72.8 cm³/mol. The van der Waals surface area contributed by atoms with Crippen LogP contribution in [-0.4, -0.2) is 10.9 Å². The van der Waals surface area contributed by atoms with Crippen LogP contribution in [-0.2, 0) is 0 Å². The number of nitrogens with zero attached hydrogens (tertiary/aromatic N) is 2. The molecule has 20 heavy (non-hydrogen) atoms. The Hall–Kier alpha value is -2.12. The Bertz CT molecular complexity index is 739. The number of hydrogen-bond acceptors (Lipinski definition) is 4. The standard InChI is InChI=1S/C15H11ClN2O2/c1-8-10(4-5-13(16)11(8)6-17)15(19)12-7-20-18-14(12)9-2-3-9/h4-5,7,9H,2-3H2,1H3. The molecule has 1 saturated carbocycles. The molecule has 1 aromatic heterocycles.